The molecule has 1 rings (SSSR count). The number of hydrogen-bond acceptors (Lipinski definition) is 3. The molecule has 0 unspecified atom stereocenters. The van der Waals surface area contributed by atoms with Crippen molar-refractivity contribution in [3.8, 4) is 5.75 Å². The monoisotopic (exact) mass is 500 g/mol. The zero-order valence-electron chi connectivity index (χ0n) is 23.7. The molecule has 0 amide bonds. The molecule has 1 aromatic carbocycles. The highest BCUT2D eigenvalue weighted by molar-refractivity contribution is 5.87. The van der Waals surface area contributed by atoms with Gasteiger partial charge in [0.1, 0.15) is 5.75 Å². The Kier molecular flexibility index (Phi) is 22.3. The largest absolute Gasteiger partial charge is 0.494 e. The zero-order valence-corrected chi connectivity index (χ0v) is 23.7. The fourth-order valence-electron chi connectivity index (χ4n) is 4.46. The number of ether oxygens (including phenoxy) is 2. The first kappa shape index (κ1) is 32.3. The number of carbonyl (C=O) groups is 1. The molecule has 1 aromatic rings. The molecular weight excluding hydrogens is 444 g/mol. The Morgan fingerprint density at radius 1 is 0.639 bits per heavy atom. The molecule has 0 spiro atoms. The van der Waals surface area contributed by atoms with Crippen LogP contribution in [0.2, 0.25) is 0 Å². The predicted octanol–water partition coefficient (Wildman–Crippen LogP) is 10.5. The average molecular weight is 501 g/mol. The average Bonchev–Trinajstić information content (AvgIpc) is 2.89. The molecule has 3 heteroatoms. The van der Waals surface area contributed by atoms with Gasteiger partial charge >= 0.3 is 5.97 Å². The molecule has 0 bridgehead atoms. The quantitative estimate of drug-likeness (QED) is 0.0760. The summed E-state index contributed by atoms with van der Waals surface area (Å²) in [5, 5.41) is 0. The molecule has 0 aliphatic heterocycles. The van der Waals surface area contributed by atoms with E-state index in [1.807, 2.05) is 30.3 Å². The third-order valence-electron chi connectivity index (χ3n) is 6.78. The smallest absolute Gasteiger partial charge is 0.330 e. The van der Waals surface area contributed by atoms with E-state index in [1.54, 1.807) is 0 Å². The number of rotatable bonds is 25. The Labute approximate surface area is 223 Å². The highest BCUT2D eigenvalue weighted by atomic mass is 16.5. The van der Waals surface area contributed by atoms with Crippen molar-refractivity contribution in [2.75, 3.05) is 13.2 Å². The van der Waals surface area contributed by atoms with E-state index in [9.17, 15) is 4.79 Å². The van der Waals surface area contributed by atoms with Gasteiger partial charge in [-0.25, -0.2) is 4.79 Å². The van der Waals surface area contributed by atoms with Gasteiger partial charge in [0, 0.05) is 6.08 Å². The normalized spacial score (nSPS) is 11.3. The lowest BCUT2D eigenvalue weighted by Crippen LogP contribution is -2.02. The first-order valence-corrected chi connectivity index (χ1v) is 15.3. The molecule has 3 nitrogen and oxygen atoms in total. The number of carbonyl (C=O) groups excluding carboxylic acids is 1. The summed E-state index contributed by atoms with van der Waals surface area (Å²) in [6.07, 6.45) is 29.4. The Bertz CT molecular complexity index is 652. The van der Waals surface area contributed by atoms with Crippen molar-refractivity contribution < 1.29 is 14.3 Å². The van der Waals surface area contributed by atoms with Crippen LogP contribution in [-0.2, 0) is 9.53 Å². The lowest BCUT2D eigenvalue weighted by molar-refractivity contribution is -0.137. The van der Waals surface area contributed by atoms with Gasteiger partial charge in [0.15, 0.2) is 0 Å². The van der Waals surface area contributed by atoms with E-state index in [1.165, 1.54) is 115 Å². The number of benzene rings is 1. The van der Waals surface area contributed by atoms with E-state index in [4.69, 9.17) is 9.47 Å². The maximum atomic E-state index is 12.0. The van der Waals surface area contributed by atoms with Crippen molar-refractivity contribution >= 4 is 12.0 Å². The zero-order chi connectivity index (χ0) is 25.9. The summed E-state index contributed by atoms with van der Waals surface area (Å²) in [5.74, 6) is 0.606. The van der Waals surface area contributed by atoms with Crippen LogP contribution in [0.1, 0.15) is 148 Å². The second kappa shape index (κ2) is 24.9. The van der Waals surface area contributed by atoms with Crippen molar-refractivity contribution in [3.05, 3.63) is 35.9 Å². The molecule has 0 aliphatic carbocycles. The van der Waals surface area contributed by atoms with Crippen LogP contribution in [0.4, 0.5) is 0 Å². The fraction of sp³-hybridized carbons (Fsp3) is 0.727. The molecule has 0 atom stereocenters. The summed E-state index contributed by atoms with van der Waals surface area (Å²) in [6.45, 7) is 5.80. The predicted molar refractivity (Wildman–Crippen MR) is 156 cm³/mol. The van der Waals surface area contributed by atoms with Crippen LogP contribution < -0.4 is 4.74 Å². The highest BCUT2D eigenvalue weighted by Crippen LogP contribution is 2.16. The van der Waals surface area contributed by atoms with E-state index in [0.29, 0.717) is 6.61 Å². The van der Waals surface area contributed by atoms with Crippen molar-refractivity contribution in [3.63, 3.8) is 0 Å². The van der Waals surface area contributed by atoms with E-state index in [2.05, 4.69) is 13.8 Å². The summed E-state index contributed by atoms with van der Waals surface area (Å²) in [7, 11) is 0. The summed E-state index contributed by atoms with van der Waals surface area (Å²) >= 11 is 0. The van der Waals surface area contributed by atoms with E-state index < -0.39 is 0 Å². The first-order chi connectivity index (χ1) is 17.8. The van der Waals surface area contributed by atoms with Crippen LogP contribution in [0.15, 0.2) is 30.3 Å². The number of hydrogen-bond donors (Lipinski definition) is 0. The van der Waals surface area contributed by atoms with Gasteiger partial charge in [0.25, 0.3) is 0 Å². The lowest BCUT2D eigenvalue weighted by atomic mass is 10.1. The minimum Gasteiger partial charge on any atom is -0.494 e. The fourth-order valence-corrected chi connectivity index (χ4v) is 4.46. The van der Waals surface area contributed by atoms with Gasteiger partial charge in [-0.05, 0) is 36.6 Å². The van der Waals surface area contributed by atoms with Crippen LogP contribution in [0.3, 0.4) is 0 Å². The van der Waals surface area contributed by atoms with Gasteiger partial charge in [-0.15, -0.1) is 0 Å². The van der Waals surface area contributed by atoms with Crippen molar-refractivity contribution in [2.45, 2.75) is 142 Å². The van der Waals surface area contributed by atoms with Gasteiger partial charge in [0.05, 0.1) is 13.2 Å². The molecule has 206 valence electrons. The molecule has 0 aromatic heterocycles. The standard InChI is InChI=1S/C33H56O3/c1-3-5-7-9-11-13-15-17-19-21-28-35-32-25-23-24-31(30-32)26-27-33(34)36-29-22-20-18-16-14-12-10-8-6-4-2/h23-27,30H,3-22,28-29H2,1-2H3. The summed E-state index contributed by atoms with van der Waals surface area (Å²) in [4.78, 5) is 12.0. The topological polar surface area (TPSA) is 35.5 Å². The molecule has 36 heavy (non-hydrogen) atoms. The number of esters is 1. The molecule has 0 radical (unpaired) electrons. The van der Waals surface area contributed by atoms with Gasteiger partial charge in [0.2, 0.25) is 0 Å². The molecular formula is C33H56O3. The molecule has 0 fully saturated rings. The van der Waals surface area contributed by atoms with Crippen LogP contribution >= 0.6 is 0 Å². The highest BCUT2D eigenvalue weighted by Gasteiger charge is 2.00. The SMILES string of the molecule is CCCCCCCCCCCCOC(=O)C=Cc1cccc(OCCCCCCCCCCCC)c1. The van der Waals surface area contributed by atoms with E-state index in [0.717, 1.165) is 37.2 Å². The maximum Gasteiger partial charge on any atom is 0.330 e. The van der Waals surface area contributed by atoms with Gasteiger partial charge in [-0.3, -0.25) is 0 Å². The number of unbranched alkanes of at least 4 members (excludes halogenated alkanes) is 18. The third kappa shape index (κ3) is 20.4. The molecule has 0 heterocycles. The van der Waals surface area contributed by atoms with Crippen LogP contribution in [0, 0.1) is 0 Å². The van der Waals surface area contributed by atoms with E-state index >= 15 is 0 Å². The lowest BCUT2D eigenvalue weighted by Gasteiger charge is -2.07. The van der Waals surface area contributed by atoms with Gasteiger partial charge in [-0.2, -0.15) is 0 Å². The maximum absolute atomic E-state index is 12.0. The van der Waals surface area contributed by atoms with E-state index in [-0.39, 0.29) is 5.97 Å². The minimum absolute atomic E-state index is 0.261. The molecule has 0 saturated heterocycles. The second-order valence-electron chi connectivity index (χ2n) is 10.3. The Hall–Kier alpha value is -1.77. The molecule has 0 aliphatic rings. The molecule has 0 saturated carbocycles. The Morgan fingerprint density at radius 3 is 1.64 bits per heavy atom. The van der Waals surface area contributed by atoms with Crippen molar-refractivity contribution in [1.29, 1.82) is 0 Å². The first-order valence-electron chi connectivity index (χ1n) is 15.3. The third-order valence-corrected chi connectivity index (χ3v) is 6.78. The van der Waals surface area contributed by atoms with Crippen molar-refractivity contribution in [1.82, 2.24) is 0 Å². The summed E-state index contributed by atoms with van der Waals surface area (Å²) in [6, 6.07) is 7.93. The Balaban J connectivity index is 2.04. The van der Waals surface area contributed by atoms with Crippen LogP contribution in [-0.4, -0.2) is 19.2 Å². The second-order valence-corrected chi connectivity index (χ2v) is 10.3. The van der Waals surface area contributed by atoms with Crippen LogP contribution in [0.25, 0.3) is 6.08 Å². The summed E-state index contributed by atoms with van der Waals surface area (Å²) < 4.78 is 11.3. The summed E-state index contributed by atoms with van der Waals surface area (Å²) in [5.41, 5.74) is 0.964. The van der Waals surface area contributed by atoms with Gasteiger partial charge in [-0.1, -0.05) is 142 Å². The Morgan fingerprint density at radius 2 is 1.11 bits per heavy atom. The molecule has 0 N–H and O–H groups in total. The van der Waals surface area contributed by atoms with Gasteiger partial charge < -0.3 is 9.47 Å². The van der Waals surface area contributed by atoms with Crippen molar-refractivity contribution in [2.24, 2.45) is 0 Å². The minimum atomic E-state index is -0.261. The van der Waals surface area contributed by atoms with Crippen LogP contribution in [0.5, 0.6) is 5.75 Å².